The molecule has 1 aromatic rings. The summed E-state index contributed by atoms with van der Waals surface area (Å²) in [6.07, 6.45) is 1.54. The Balaban J connectivity index is 2.20. The third-order valence-electron chi connectivity index (χ3n) is 3.93. The van der Waals surface area contributed by atoms with Crippen LogP contribution in [0.2, 0.25) is 0 Å². The molecule has 0 radical (unpaired) electrons. The van der Waals surface area contributed by atoms with Crippen LogP contribution in [-0.4, -0.2) is 58.7 Å². The number of hydrogen-bond acceptors (Lipinski definition) is 4. The summed E-state index contributed by atoms with van der Waals surface area (Å²) in [5.41, 5.74) is 1.97. The molecule has 23 heavy (non-hydrogen) atoms. The highest BCUT2D eigenvalue weighted by molar-refractivity contribution is 7.92. The van der Waals surface area contributed by atoms with Crippen molar-refractivity contribution >= 4 is 21.6 Å². The highest BCUT2D eigenvalue weighted by Crippen LogP contribution is 2.27. The first-order chi connectivity index (χ1) is 10.8. The second-order valence-electron chi connectivity index (χ2n) is 6.16. The number of benzene rings is 1. The molecule has 1 aromatic carbocycles. The minimum atomic E-state index is -3.27. The lowest BCUT2D eigenvalue weighted by atomic mass is 10.1. The van der Waals surface area contributed by atoms with E-state index in [4.69, 9.17) is 0 Å². The molecular formula is C16H25N3O3S. The van der Waals surface area contributed by atoms with Crippen LogP contribution in [0.25, 0.3) is 0 Å². The fourth-order valence-corrected chi connectivity index (χ4v) is 4.27. The summed E-state index contributed by atoms with van der Waals surface area (Å²) in [5, 5.41) is 2.85. The van der Waals surface area contributed by atoms with Crippen molar-refractivity contribution in [2.24, 2.45) is 0 Å². The summed E-state index contributed by atoms with van der Waals surface area (Å²) in [4.78, 5) is 14.2. The highest BCUT2D eigenvalue weighted by atomic mass is 32.2. The van der Waals surface area contributed by atoms with Crippen molar-refractivity contribution in [3.8, 4) is 0 Å². The van der Waals surface area contributed by atoms with Crippen LogP contribution >= 0.6 is 0 Å². The number of sulfonamides is 1. The molecular weight excluding hydrogens is 314 g/mol. The third kappa shape index (κ3) is 4.45. The zero-order valence-electron chi connectivity index (χ0n) is 14.0. The van der Waals surface area contributed by atoms with Gasteiger partial charge in [-0.1, -0.05) is 6.07 Å². The number of nitrogens with one attached hydrogen (secondary N) is 1. The Morgan fingerprint density at radius 3 is 2.70 bits per heavy atom. The first-order valence-corrected chi connectivity index (χ1v) is 9.46. The van der Waals surface area contributed by atoms with Gasteiger partial charge in [-0.3, -0.25) is 9.10 Å². The SMILES string of the molecule is Cc1ccc(C(=O)NCCN(C)C)cc1N1CCCCS1(=O)=O. The van der Waals surface area contributed by atoms with E-state index in [-0.39, 0.29) is 11.7 Å². The highest BCUT2D eigenvalue weighted by Gasteiger charge is 2.27. The van der Waals surface area contributed by atoms with Gasteiger partial charge in [0.25, 0.3) is 5.91 Å². The topological polar surface area (TPSA) is 69.7 Å². The van der Waals surface area contributed by atoms with E-state index in [1.54, 1.807) is 18.2 Å². The van der Waals surface area contributed by atoms with Crippen LogP contribution in [0.5, 0.6) is 0 Å². The molecule has 0 unspecified atom stereocenters. The largest absolute Gasteiger partial charge is 0.351 e. The molecule has 0 aliphatic carbocycles. The summed E-state index contributed by atoms with van der Waals surface area (Å²) in [6.45, 7) is 3.66. The van der Waals surface area contributed by atoms with Crippen molar-refractivity contribution in [1.82, 2.24) is 10.2 Å². The number of aryl methyl sites for hydroxylation is 1. The Hall–Kier alpha value is -1.60. The Bertz CT molecular complexity index is 671. The molecule has 1 aliphatic heterocycles. The number of rotatable bonds is 5. The fourth-order valence-electron chi connectivity index (χ4n) is 2.57. The minimum absolute atomic E-state index is 0.172. The second kappa shape index (κ2) is 7.31. The van der Waals surface area contributed by atoms with Crippen LogP contribution in [-0.2, 0) is 10.0 Å². The number of likely N-dealkylation sites (N-methyl/N-ethyl adjacent to an activating group) is 1. The summed E-state index contributed by atoms with van der Waals surface area (Å²) in [5.74, 6) is -0.00591. The quantitative estimate of drug-likeness (QED) is 0.876. The predicted octanol–water partition coefficient (Wildman–Crippen LogP) is 1.22. The predicted molar refractivity (Wildman–Crippen MR) is 92.4 cm³/mol. The molecule has 1 saturated heterocycles. The minimum Gasteiger partial charge on any atom is -0.351 e. The van der Waals surface area contributed by atoms with Crippen molar-refractivity contribution in [2.75, 3.05) is 43.8 Å². The molecule has 1 aliphatic rings. The molecule has 1 heterocycles. The average Bonchev–Trinajstić information content (AvgIpc) is 2.47. The van der Waals surface area contributed by atoms with E-state index in [0.29, 0.717) is 30.8 Å². The van der Waals surface area contributed by atoms with E-state index in [1.165, 1.54) is 4.31 Å². The van der Waals surface area contributed by atoms with Gasteiger partial charge in [-0.15, -0.1) is 0 Å². The molecule has 1 fully saturated rings. The lowest BCUT2D eigenvalue weighted by Crippen LogP contribution is -2.38. The van der Waals surface area contributed by atoms with Gasteiger partial charge < -0.3 is 10.2 Å². The monoisotopic (exact) mass is 339 g/mol. The maximum Gasteiger partial charge on any atom is 0.251 e. The number of nitrogens with zero attached hydrogens (tertiary/aromatic N) is 2. The van der Waals surface area contributed by atoms with Gasteiger partial charge in [-0.05, 0) is 51.6 Å². The Kier molecular flexibility index (Phi) is 5.64. The summed E-state index contributed by atoms with van der Waals surface area (Å²) >= 11 is 0. The van der Waals surface area contributed by atoms with Crippen LogP contribution in [0.4, 0.5) is 5.69 Å². The Morgan fingerprint density at radius 1 is 1.30 bits per heavy atom. The molecule has 6 nitrogen and oxygen atoms in total. The third-order valence-corrected chi connectivity index (χ3v) is 5.79. The first-order valence-electron chi connectivity index (χ1n) is 7.85. The number of hydrogen-bond donors (Lipinski definition) is 1. The molecule has 128 valence electrons. The van der Waals surface area contributed by atoms with E-state index < -0.39 is 10.0 Å². The number of carbonyl (C=O) groups is 1. The lowest BCUT2D eigenvalue weighted by molar-refractivity contribution is 0.0951. The lowest BCUT2D eigenvalue weighted by Gasteiger charge is -2.29. The summed E-state index contributed by atoms with van der Waals surface area (Å²) < 4.78 is 26.0. The standard InChI is InChI=1S/C16H25N3O3S/c1-13-6-7-14(16(20)17-8-10-18(2)3)12-15(13)19-9-4-5-11-23(19,21)22/h6-7,12H,4-5,8-11H2,1-3H3,(H,17,20). The van der Waals surface area contributed by atoms with Crippen molar-refractivity contribution in [2.45, 2.75) is 19.8 Å². The molecule has 0 saturated carbocycles. The number of carbonyl (C=O) groups excluding carboxylic acids is 1. The van der Waals surface area contributed by atoms with Crippen LogP contribution < -0.4 is 9.62 Å². The summed E-state index contributed by atoms with van der Waals surface area (Å²) in [6, 6.07) is 5.23. The molecule has 1 N–H and O–H groups in total. The van der Waals surface area contributed by atoms with Gasteiger partial charge in [-0.2, -0.15) is 0 Å². The normalized spacial score (nSPS) is 17.3. The van der Waals surface area contributed by atoms with Crippen molar-refractivity contribution < 1.29 is 13.2 Å². The van der Waals surface area contributed by atoms with Crippen molar-refractivity contribution in [1.29, 1.82) is 0 Å². The van der Waals surface area contributed by atoms with E-state index in [0.717, 1.165) is 18.5 Å². The van der Waals surface area contributed by atoms with Gasteiger partial charge in [0.05, 0.1) is 11.4 Å². The zero-order chi connectivity index (χ0) is 17.0. The van der Waals surface area contributed by atoms with Gasteiger partial charge >= 0.3 is 0 Å². The molecule has 0 atom stereocenters. The smallest absolute Gasteiger partial charge is 0.251 e. The van der Waals surface area contributed by atoms with Gasteiger partial charge in [0.15, 0.2) is 0 Å². The van der Waals surface area contributed by atoms with Gasteiger partial charge in [-0.25, -0.2) is 8.42 Å². The second-order valence-corrected chi connectivity index (χ2v) is 8.17. The number of amides is 1. The maximum absolute atomic E-state index is 12.3. The first kappa shape index (κ1) is 17.7. The van der Waals surface area contributed by atoms with Crippen LogP contribution in [0.1, 0.15) is 28.8 Å². The molecule has 0 aromatic heterocycles. The zero-order valence-corrected chi connectivity index (χ0v) is 14.8. The van der Waals surface area contributed by atoms with E-state index in [9.17, 15) is 13.2 Å². The van der Waals surface area contributed by atoms with Crippen molar-refractivity contribution in [3.05, 3.63) is 29.3 Å². The molecule has 1 amide bonds. The molecule has 0 bridgehead atoms. The van der Waals surface area contributed by atoms with E-state index in [2.05, 4.69) is 5.32 Å². The molecule has 0 spiro atoms. The molecule has 2 rings (SSSR count). The van der Waals surface area contributed by atoms with Gasteiger partial charge in [0.2, 0.25) is 10.0 Å². The Labute approximate surface area is 138 Å². The Morgan fingerprint density at radius 2 is 2.04 bits per heavy atom. The van der Waals surface area contributed by atoms with Gasteiger partial charge in [0, 0.05) is 25.2 Å². The van der Waals surface area contributed by atoms with E-state index >= 15 is 0 Å². The summed E-state index contributed by atoms with van der Waals surface area (Å²) in [7, 11) is 0.609. The average molecular weight is 339 g/mol. The van der Waals surface area contributed by atoms with Crippen LogP contribution in [0.15, 0.2) is 18.2 Å². The van der Waals surface area contributed by atoms with Crippen LogP contribution in [0.3, 0.4) is 0 Å². The van der Waals surface area contributed by atoms with E-state index in [1.807, 2.05) is 25.9 Å². The van der Waals surface area contributed by atoms with Crippen molar-refractivity contribution in [3.63, 3.8) is 0 Å². The molecule has 7 heteroatoms. The fraction of sp³-hybridized carbons (Fsp3) is 0.562. The van der Waals surface area contributed by atoms with Gasteiger partial charge in [0.1, 0.15) is 0 Å². The number of anilines is 1. The van der Waals surface area contributed by atoms with Crippen LogP contribution in [0, 0.1) is 6.92 Å². The maximum atomic E-state index is 12.3.